The van der Waals surface area contributed by atoms with Crippen LogP contribution in [0.15, 0.2) is 42.5 Å². The fraction of sp³-hybridized carbons (Fsp3) is 0. The molecule has 0 aliphatic heterocycles. The van der Waals surface area contributed by atoms with E-state index >= 15 is 0 Å². The van der Waals surface area contributed by atoms with Gasteiger partial charge in [0.15, 0.2) is 0 Å². The summed E-state index contributed by atoms with van der Waals surface area (Å²) in [6.07, 6.45) is 2.62. The Balaban J connectivity index is 2.08. The Morgan fingerprint density at radius 3 is 2.59 bits per heavy atom. The fourth-order valence-electron chi connectivity index (χ4n) is 1.64. The number of amides is 1. The molecule has 1 heterocycles. The van der Waals surface area contributed by atoms with Crippen molar-refractivity contribution in [3.63, 3.8) is 0 Å². The normalized spacial score (nSPS) is 10.5. The standard InChI is InChI=1S/C14H10N2O5S/c17-12(7-5-9-6-8-13(22-9)16(20)21)15-11-4-2-1-3-10(11)14(18)19/h1-8H,(H,15,17)(H,18,19)/b7-5+. The number of carboxylic acids is 1. The van der Waals surface area contributed by atoms with Gasteiger partial charge in [0.25, 0.3) is 0 Å². The lowest BCUT2D eigenvalue weighted by Gasteiger charge is -2.05. The summed E-state index contributed by atoms with van der Waals surface area (Å²) in [4.78, 5) is 33.4. The Morgan fingerprint density at radius 2 is 1.95 bits per heavy atom. The van der Waals surface area contributed by atoms with Gasteiger partial charge in [0.1, 0.15) is 0 Å². The molecule has 2 aromatic rings. The molecule has 0 saturated heterocycles. The first-order valence-corrected chi connectivity index (χ1v) is 6.84. The van der Waals surface area contributed by atoms with Crippen LogP contribution in [-0.4, -0.2) is 21.9 Å². The first-order chi connectivity index (χ1) is 10.5. The lowest BCUT2D eigenvalue weighted by atomic mass is 10.2. The average molecular weight is 318 g/mol. The van der Waals surface area contributed by atoms with Crippen LogP contribution in [0, 0.1) is 10.1 Å². The number of nitrogens with zero attached hydrogens (tertiary/aromatic N) is 1. The maximum absolute atomic E-state index is 11.8. The van der Waals surface area contributed by atoms with Crippen molar-refractivity contribution in [2.75, 3.05) is 5.32 Å². The van der Waals surface area contributed by atoms with E-state index in [1.54, 1.807) is 12.1 Å². The van der Waals surface area contributed by atoms with Crippen molar-refractivity contribution < 1.29 is 19.6 Å². The van der Waals surface area contributed by atoms with Crippen LogP contribution in [-0.2, 0) is 4.79 Å². The number of para-hydroxylation sites is 1. The molecule has 0 fully saturated rings. The van der Waals surface area contributed by atoms with Crippen molar-refractivity contribution >= 4 is 40.0 Å². The number of rotatable bonds is 5. The minimum Gasteiger partial charge on any atom is -0.478 e. The molecule has 1 amide bonds. The zero-order chi connectivity index (χ0) is 16.1. The second-order valence-corrected chi connectivity index (χ2v) is 5.20. The molecule has 22 heavy (non-hydrogen) atoms. The van der Waals surface area contributed by atoms with Crippen LogP contribution in [0.5, 0.6) is 0 Å². The zero-order valence-corrected chi connectivity index (χ0v) is 11.9. The molecule has 7 nitrogen and oxygen atoms in total. The summed E-state index contributed by atoms with van der Waals surface area (Å²) in [7, 11) is 0. The molecule has 0 spiro atoms. The highest BCUT2D eigenvalue weighted by Gasteiger charge is 2.11. The largest absolute Gasteiger partial charge is 0.478 e. The van der Waals surface area contributed by atoms with Gasteiger partial charge in [-0.2, -0.15) is 0 Å². The van der Waals surface area contributed by atoms with Gasteiger partial charge in [0.05, 0.1) is 16.2 Å². The molecule has 0 radical (unpaired) electrons. The lowest BCUT2D eigenvalue weighted by molar-refractivity contribution is -0.380. The number of thiophene rings is 1. The molecular weight excluding hydrogens is 308 g/mol. The number of hydrogen-bond acceptors (Lipinski definition) is 5. The van der Waals surface area contributed by atoms with Crippen LogP contribution < -0.4 is 5.32 Å². The molecule has 2 N–H and O–H groups in total. The molecule has 0 saturated carbocycles. The average Bonchev–Trinajstić information content (AvgIpc) is 2.94. The Hall–Kier alpha value is -3.00. The van der Waals surface area contributed by atoms with E-state index in [1.807, 2.05) is 0 Å². The van der Waals surface area contributed by atoms with E-state index in [0.717, 1.165) is 11.3 Å². The summed E-state index contributed by atoms with van der Waals surface area (Å²) < 4.78 is 0. The summed E-state index contributed by atoms with van der Waals surface area (Å²) in [5.41, 5.74) is 0.165. The van der Waals surface area contributed by atoms with E-state index in [2.05, 4.69) is 5.32 Å². The number of carbonyl (C=O) groups excluding carboxylic acids is 1. The monoisotopic (exact) mass is 318 g/mol. The molecule has 0 unspecified atom stereocenters. The Bertz CT molecular complexity index is 766. The van der Waals surface area contributed by atoms with Crippen LogP contribution in [0.25, 0.3) is 6.08 Å². The number of carboxylic acid groups (broad SMARTS) is 1. The smallest absolute Gasteiger partial charge is 0.337 e. The highest BCUT2D eigenvalue weighted by molar-refractivity contribution is 7.16. The van der Waals surface area contributed by atoms with Crippen molar-refractivity contribution in [3.8, 4) is 0 Å². The second kappa shape index (κ2) is 6.64. The molecule has 0 aliphatic carbocycles. The summed E-state index contributed by atoms with van der Waals surface area (Å²) >= 11 is 0.937. The summed E-state index contributed by atoms with van der Waals surface area (Å²) in [6.45, 7) is 0. The number of benzene rings is 1. The molecule has 0 bridgehead atoms. The van der Waals surface area contributed by atoms with Gasteiger partial charge in [-0.15, -0.1) is 0 Å². The number of carbonyl (C=O) groups is 2. The van der Waals surface area contributed by atoms with Crippen molar-refractivity contribution in [1.29, 1.82) is 0 Å². The van der Waals surface area contributed by atoms with Gasteiger partial charge >= 0.3 is 11.0 Å². The maximum Gasteiger partial charge on any atom is 0.337 e. The van der Waals surface area contributed by atoms with E-state index < -0.39 is 16.8 Å². The molecule has 112 valence electrons. The Labute approximate surface area is 128 Å². The zero-order valence-electron chi connectivity index (χ0n) is 11.1. The predicted molar refractivity (Wildman–Crippen MR) is 82.0 cm³/mol. The fourth-order valence-corrected chi connectivity index (χ4v) is 2.37. The van der Waals surface area contributed by atoms with Crippen LogP contribution in [0.3, 0.4) is 0 Å². The quantitative estimate of drug-likeness (QED) is 0.500. The third-order valence-electron chi connectivity index (χ3n) is 2.61. The molecule has 1 aromatic carbocycles. The van der Waals surface area contributed by atoms with Gasteiger partial charge in [0, 0.05) is 17.0 Å². The number of aromatic carboxylic acids is 1. The van der Waals surface area contributed by atoms with Crippen molar-refractivity contribution in [2.45, 2.75) is 0 Å². The van der Waals surface area contributed by atoms with Crippen LogP contribution in [0.1, 0.15) is 15.2 Å². The number of hydrogen-bond donors (Lipinski definition) is 2. The van der Waals surface area contributed by atoms with Crippen LogP contribution in [0.2, 0.25) is 0 Å². The third kappa shape index (κ3) is 3.76. The van der Waals surface area contributed by atoms with E-state index in [-0.39, 0.29) is 16.3 Å². The van der Waals surface area contributed by atoms with Gasteiger partial charge in [0.2, 0.25) is 5.91 Å². The van der Waals surface area contributed by atoms with Crippen molar-refractivity contribution in [1.82, 2.24) is 0 Å². The Morgan fingerprint density at radius 1 is 1.23 bits per heavy atom. The molecule has 8 heteroatoms. The summed E-state index contributed by atoms with van der Waals surface area (Å²) in [5, 5.41) is 22.0. The number of anilines is 1. The van der Waals surface area contributed by atoms with Crippen molar-refractivity contribution in [2.24, 2.45) is 0 Å². The molecule has 0 atom stereocenters. The SMILES string of the molecule is O=C(/C=C/c1ccc([N+](=O)[O-])s1)Nc1ccccc1C(=O)O. The van der Waals surface area contributed by atoms with E-state index in [9.17, 15) is 19.7 Å². The van der Waals surface area contributed by atoms with Crippen LogP contribution in [0.4, 0.5) is 10.7 Å². The van der Waals surface area contributed by atoms with Gasteiger partial charge in [-0.05, 0) is 24.3 Å². The lowest BCUT2D eigenvalue weighted by Crippen LogP contribution is -2.11. The second-order valence-electron chi connectivity index (χ2n) is 4.11. The van der Waals surface area contributed by atoms with Gasteiger partial charge in [-0.25, -0.2) is 4.79 Å². The minimum absolute atomic E-state index is 0.0173. The number of nitrogens with one attached hydrogen (secondary N) is 1. The van der Waals surface area contributed by atoms with Gasteiger partial charge in [-0.3, -0.25) is 14.9 Å². The topological polar surface area (TPSA) is 110 Å². The number of nitro groups is 1. The first kappa shape index (κ1) is 15.4. The minimum atomic E-state index is -1.14. The molecule has 0 aliphatic rings. The summed E-state index contributed by atoms with van der Waals surface area (Å²) in [5.74, 6) is -1.67. The third-order valence-corrected chi connectivity index (χ3v) is 3.61. The van der Waals surface area contributed by atoms with E-state index in [4.69, 9.17) is 5.11 Å². The predicted octanol–water partition coefficient (Wildman–Crippen LogP) is 3.01. The maximum atomic E-state index is 11.8. The molecule has 1 aromatic heterocycles. The van der Waals surface area contributed by atoms with Gasteiger partial charge < -0.3 is 10.4 Å². The van der Waals surface area contributed by atoms with Crippen LogP contribution >= 0.6 is 11.3 Å². The highest BCUT2D eigenvalue weighted by Crippen LogP contribution is 2.24. The molecular formula is C14H10N2O5S. The Kier molecular flexibility index (Phi) is 4.64. The highest BCUT2D eigenvalue weighted by atomic mass is 32.1. The first-order valence-electron chi connectivity index (χ1n) is 6.03. The van der Waals surface area contributed by atoms with Gasteiger partial charge in [-0.1, -0.05) is 23.5 Å². The summed E-state index contributed by atoms with van der Waals surface area (Å²) in [6, 6.07) is 8.89. The molecule has 2 rings (SSSR count). The van der Waals surface area contributed by atoms with E-state index in [0.29, 0.717) is 4.88 Å². The van der Waals surface area contributed by atoms with E-state index in [1.165, 1.54) is 36.4 Å². The van der Waals surface area contributed by atoms with Crippen molar-refractivity contribution in [3.05, 3.63) is 63.0 Å².